The Morgan fingerprint density at radius 3 is 3.06 bits per heavy atom. The minimum Gasteiger partial charge on any atom is -0.310 e. The van der Waals surface area contributed by atoms with Crippen molar-refractivity contribution in [1.82, 2.24) is 15.2 Å². The molecule has 0 aliphatic carbocycles. The molecule has 3 heteroatoms. The molecule has 1 aromatic rings. The molecule has 0 bridgehead atoms. The van der Waals surface area contributed by atoms with E-state index in [1.807, 2.05) is 12.3 Å². The average Bonchev–Trinajstić information content (AvgIpc) is 2.40. The van der Waals surface area contributed by atoms with Crippen molar-refractivity contribution >= 4 is 0 Å². The molecule has 0 aromatic carbocycles. The average molecular weight is 219 g/mol. The third-order valence-corrected chi connectivity index (χ3v) is 2.99. The standard InChI is InChI=1S/C13H21N3/c1-13(2)11-16(9-5-8-15-13)10-12-6-3-4-7-14-12/h3-4,6-7,15H,5,8-11H2,1-2H3. The topological polar surface area (TPSA) is 28.2 Å². The number of nitrogens with zero attached hydrogens (tertiary/aromatic N) is 2. The molecule has 1 N–H and O–H groups in total. The summed E-state index contributed by atoms with van der Waals surface area (Å²) < 4.78 is 0. The molecule has 2 heterocycles. The third-order valence-electron chi connectivity index (χ3n) is 2.99. The van der Waals surface area contributed by atoms with Crippen LogP contribution in [0.1, 0.15) is 26.0 Å². The fourth-order valence-electron chi connectivity index (χ4n) is 2.28. The molecular formula is C13H21N3. The van der Waals surface area contributed by atoms with Gasteiger partial charge in [-0.3, -0.25) is 9.88 Å². The first kappa shape index (κ1) is 11.6. The minimum atomic E-state index is 0.214. The van der Waals surface area contributed by atoms with Crippen molar-refractivity contribution in [1.29, 1.82) is 0 Å². The summed E-state index contributed by atoms with van der Waals surface area (Å²) in [6.45, 7) is 8.86. The fraction of sp³-hybridized carbons (Fsp3) is 0.615. The highest BCUT2D eigenvalue weighted by molar-refractivity contribution is 5.03. The number of hydrogen-bond acceptors (Lipinski definition) is 3. The molecule has 1 aromatic heterocycles. The number of pyridine rings is 1. The number of hydrogen-bond donors (Lipinski definition) is 1. The van der Waals surface area contributed by atoms with Crippen LogP contribution < -0.4 is 5.32 Å². The Morgan fingerprint density at radius 1 is 1.44 bits per heavy atom. The second-order valence-corrected chi connectivity index (χ2v) is 5.20. The summed E-state index contributed by atoms with van der Waals surface area (Å²) >= 11 is 0. The van der Waals surface area contributed by atoms with Crippen molar-refractivity contribution in [3.8, 4) is 0 Å². The van der Waals surface area contributed by atoms with Crippen LogP contribution in [-0.4, -0.2) is 35.1 Å². The third kappa shape index (κ3) is 3.29. The SMILES string of the molecule is CC1(C)CN(Cc2ccccn2)CCCN1. The normalized spacial score (nSPS) is 21.6. The van der Waals surface area contributed by atoms with Crippen molar-refractivity contribution in [3.05, 3.63) is 30.1 Å². The van der Waals surface area contributed by atoms with Crippen LogP contribution in [0.3, 0.4) is 0 Å². The molecule has 16 heavy (non-hydrogen) atoms. The van der Waals surface area contributed by atoms with Crippen LogP contribution >= 0.6 is 0 Å². The zero-order chi connectivity index (χ0) is 11.4. The Kier molecular flexibility index (Phi) is 3.56. The minimum absolute atomic E-state index is 0.214. The monoisotopic (exact) mass is 219 g/mol. The van der Waals surface area contributed by atoms with E-state index in [1.165, 1.54) is 12.1 Å². The van der Waals surface area contributed by atoms with Gasteiger partial charge in [-0.15, -0.1) is 0 Å². The van der Waals surface area contributed by atoms with Gasteiger partial charge in [0.15, 0.2) is 0 Å². The summed E-state index contributed by atoms with van der Waals surface area (Å²) in [5.41, 5.74) is 1.38. The van der Waals surface area contributed by atoms with Crippen molar-refractivity contribution in [2.45, 2.75) is 32.4 Å². The Hall–Kier alpha value is -0.930. The van der Waals surface area contributed by atoms with Crippen molar-refractivity contribution in [2.75, 3.05) is 19.6 Å². The number of rotatable bonds is 2. The highest BCUT2D eigenvalue weighted by Gasteiger charge is 2.23. The van der Waals surface area contributed by atoms with Gasteiger partial charge in [0.05, 0.1) is 5.69 Å². The molecule has 0 unspecified atom stereocenters. The second-order valence-electron chi connectivity index (χ2n) is 5.20. The molecule has 2 rings (SSSR count). The van der Waals surface area contributed by atoms with Gasteiger partial charge in [0.1, 0.15) is 0 Å². The van der Waals surface area contributed by atoms with Crippen molar-refractivity contribution in [3.63, 3.8) is 0 Å². The number of nitrogens with one attached hydrogen (secondary N) is 1. The van der Waals surface area contributed by atoms with E-state index in [2.05, 4.69) is 41.2 Å². The molecular weight excluding hydrogens is 198 g/mol. The van der Waals surface area contributed by atoms with Gasteiger partial charge >= 0.3 is 0 Å². The molecule has 0 spiro atoms. The van der Waals surface area contributed by atoms with E-state index >= 15 is 0 Å². The van der Waals surface area contributed by atoms with E-state index in [4.69, 9.17) is 0 Å². The lowest BCUT2D eigenvalue weighted by molar-refractivity contribution is 0.222. The smallest absolute Gasteiger partial charge is 0.0543 e. The van der Waals surface area contributed by atoms with Crippen LogP contribution in [-0.2, 0) is 6.54 Å². The Bertz CT molecular complexity index is 321. The molecule has 88 valence electrons. The largest absolute Gasteiger partial charge is 0.310 e. The quantitative estimate of drug-likeness (QED) is 0.820. The first-order valence-electron chi connectivity index (χ1n) is 6.03. The first-order chi connectivity index (χ1) is 7.66. The van der Waals surface area contributed by atoms with Crippen LogP contribution in [0.5, 0.6) is 0 Å². The number of aromatic nitrogens is 1. The zero-order valence-electron chi connectivity index (χ0n) is 10.2. The van der Waals surface area contributed by atoms with Gasteiger partial charge in [-0.05, 0) is 45.5 Å². The van der Waals surface area contributed by atoms with Crippen LogP contribution in [0.4, 0.5) is 0 Å². The summed E-state index contributed by atoms with van der Waals surface area (Å²) in [6.07, 6.45) is 3.09. The van der Waals surface area contributed by atoms with Crippen molar-refractivity contribution < 1.29 is 0 Å². The maximum absolute atomic E-state index is 4.39. The molecule has 1 aliphatic rings. The lowest BCUT2D eigenvalue weighted by Gasteiger charge is -2.29. The Balaban J connectivity index is 1.98. The first-order valence-corrected chi connectivity index (χ1v) is 6.03. The summed E-state index contributed by atoms with van der Waals surface area (Å²) in [5, 5.41) is 3.57. The van der Waals surface area contributed by atoms with E-state index in [0.717, 1.165) is 26.2 Å². The van der Waals surface area contributed by atoms with E-state index in [1.54, 1.807) is 0 Å². The highest BCUT2D eigenvalue weighted by Crippen LogP contribution is 2.12. The summed E-state index contributed by atoms with van der Waals surface area (Å²) in [4.78, 5) is 6.88. The maximum atomic E-state index is 4.39. The molecule has 1 fully saturated rings. The van der Waals surface area contributed by atoms with Crippen LogP contribution in [0, 0.1) is 0 Å². The van der Waals surface area contributed by atoms with Gasteiger partial charge in [-0.1, -0.05) is 6.07 Å². The second kappa shape index (κ2) is 4.93. The van der Waals surface area contributed by atoms with Crippen LogP contribution in [0.2, 0.25) is 0 Å². The molecule has 1 saturated heterocycles. The summed E-state index contributed by atoms with van der Waals surface area (Å²) in [6, 6.07) is 6.13. The molecule has 0 saturated carbocycles. The fourth-order valence-corrected chi connectivity index (χ4v) is 2.28. The molecule has 0 radical (unpaired) electrons. The lowest BCUT2D eigenvalue weighted by Crippen LogP contribution is -2.46. The summed E-state index contributed by atoms with van der Waals surface area (Å²) in [7, 11) is 0. The highest BCUT2D eigenvalue weighted by atomic mass is 15.2. The molecule has 0 atom stereocenters. The lowest BCUT2D eigenvalue weighted by atomic mass is 10.1. The Morgan fingerprint density at radius 2 is 2.31 bits per heavy atom. The van der Waals surface area contributed by atoms with Crippen LogP contribution in [0.15, 0.2) is 24.4 Å². The Labute approximate surface area is 97.9 Å². The van der Waals surface area contributed by atoms with Gasteiger partial charge in [-0.2, -0.15) is 0 Å². The molecule has 3 nitrogen and oxygen atoms in total. The van der Waals surface area contributed by atoms with Gasteiger partial charge in [0.25, 0.3) is 0 Å². The van der Waals surface area contributed by atoms with Gasteiger partial charge < -0.3 is 5.32 Å². The molecule has 0 amide bonds. The van der Waals surface area contributed by atoms with E-state index in [9.17, 15) is 0 Å². The maximum Gasteiger partial charge on any atom is 0.0543 e. The van der Waals surface area contributed by atoms with Crippen LogP contribution in [0.25, 0.3) is 0 Å². The predicted octanol–water partition coefficient (Wildman–Crippen LogP) is 1.66. The van der Waals surface area contributed by atoms with Crippen molar-refractivity contribution in [2.24, 2.45) is 0 Å². The van der Waals surface area contributed by atoms with Gasteiger partial charge in [-0.25, -0.2) is 0 Å². The van der Waals surface area contributed by atoms with Gasteiger partial charge in [0, 0.05) is 24.8 Å². The van der Waals surface area contributed by atoms with Gasteiger partial charge in [0.2, 0.25) is 0 Å². The zero-order valence-corrected chi connectivity index (χ0v) is 10.2. The summed E-state index contributed by atoms with van der Waals surface area (Å²) in [5.74, 6) is 0. The van der Waals surface area contributed by atoms with E-state index in [-0.39, 0.29) is 5.54 Å². The van der Waals surface area contributed by atoms with E-state index < -0.39 is 0 Å². The predicted molar refractivity (Wildman–Crippen MR) is 66.2 cm³/mol. The van der Waals surface area contributed by atoms with E-state index in [0.29, 0.717) is 0 Å². The molecule has 1 aliphatic heterocycles.